The molecule has 2 aliphatic heterocycles. The van der Waals surface area contributed by atoms with E-state index >= 15 is 0 Å². The predicted molar refractivity (Wildman–Crippen MR) is 107 cm³/mol. The zero-order valence-corrected chi connectivity index (χ0v) is 17.1. The third kappa shape index (κ3) is 4.83. The van der Waals surface area contributed by atoms with Gasteiger partial charge in [0.2, 0.25) is 0 Å². The molecule has 148 valence electrons. The fourth-order valence-corrected chi connectivity index (χ4v) is 7.12. The molecule has 2 saturated heterocycles. The van der Waals surface area contributed by atoms with Crippen molar-refractivity contribution in [1.82, 2.24) is 0 Å². The minimum atomic E-state index is -3.09. The SMILES string of the molecule is CCCCOc1cccc(N2C(=NC(=O)COC)S[C@@H]3CS(=O)(=O)C[C@H]32)c1. The van der Waals surface area contributed by atoms with Crippen molar-refractivity contribution in [3.05, 3.63) is 24.3 Å². The molecule has 27 heavy (non-hydrogen) atoms. The Bertz CT molecular complexity index is 825. The number of hydrogen-bond acceptors (Lipinski definition) is 6. The zero-order valence-electron chi connectivity index (χ0n) is 15.5. The average Bonchev–Trinajstić information content (AvgIpc) is 3.06. The third-order valence-electron chi connectivity index (χ3n) is 4.42. The molecule has 1 amide bonds. The van der Waals surface area contributed by atoms with E-state index in [1.165, 1.54) is 18.9 Å². The molecule has 0 spiro atoms. The van der Waals surface area contributed by atoms with Crippen molar-refractivity contribution in [2.45, 2.75) is 31.1 Å². The summed E-state index contributed by atoms with van der Waals surface area (Å²) < 4.78 is 34.8. The molecule has 3 rings (SSSR count). The van der Waals surface area contributed by atoms with E-state index in [4.69, 9.17) is 9.47 Å². The molecular weight excluding hydrogens is 388 g/mol. The van der Waals surface area contributed by atoms with Crippen LogP contribution >= 0.6 is 11.8 Å². The van der Waals surface area contributed by atoms with Crippen LogP contribution in [0.15, 0.2) is 29.3 Å². The molecule has 2 aliphatic rings. The molecular formula is C18H24N2O5S2. The largest absolute Gasteiger partial charge is 0.494 e. The number of rotatable bonds is 7. The predicted octanol–water partition coefficient (Wildman–Crippen LogP) is 2.11. The number of thioether (sulfide) groups is 1. The van der Waals surface area contributed by atoms with Gasteiger partial charge in [0, 0.05) is 24.1 Å². The summed E-state index contributed by atoms with van der Waals surface area (Å²) in [6.07, 6.45) is 2.01. The average molecular weight is 413 g/mol. The Hall–Kier alpha value is -1.58. The van der Waals surface area contributed by atoms with Crippen molar-refractivity contribution in [1.29, 1.82) is 0 Å². The van der Waals surface area contributed by atoms with Gasteiger partial charge in [-0.15, -0.1) is 0 Å². The summed E-state index contributed by atoms with van der Waals surface area (Å²) >= 11 is 1.35. The quantitative estimate of drug-likeness (QED) is 0.634. The van der Waals surface area contributed by atoms with Crippen molar-refractivity contribution < 1.29 is 22.7 Å². The van der Waals surface area contributed by atoms with Crippen molar-refractivity contribution in [3.63, 3.8) is 0 Å². The number of sulfone groups is 1. The highest BCUT2D eigenvalue weighted by molar-refractivity contribution is 8.16. The number of hydrogen-bond donors (Lipinski definition) is 0. The van der Waals surface area contributed by atoms with Gasteiger partial charge in [0.05, 0.1) is 24.2 Å². The number of unbranched alkanes of at least 4 members (excludes halogenated alkanes) is 1. The monoisotopic (exact) mass is 412 g/mol. The second-order valence-electron chi connectivity index (χ2n) is 6.59. The minimum Gasteiger partial charge on any atom is -0.494 e. The van der Waals surface area contributed by atoms with Gasteiger partial charge in [0.1, 0.15) is 12.4 Å². The first kappa shape index (κ1) is 20.2. The maximum atomic E-state index is 12.1. The van der Waals surface area contributed by atoms with E-state index < -0.39 is 9.84 Å². The summed E-state index contributed by atoms with van der Waals surface area (Å²) in [5, 5.41) is 0.390. The van der Waals surface area contributed by atoms with E-state index in [9.17, 15) is 13.2 Å². The molecule has 0 aromatic heterocycles. The molecule has 0 radical (unpaired) electrons. The van der Waals surface area contributed by atoms with Crippen molar-refractivity contribution >= 4 is 38.4 Å². The number of benzene rings is 1. The van der Waals surface area contributed by atoms with E-state index in [2.05, 4.69) is 11.9 Å². The first-order valence-corrected chi connectivity index (χ1v) is 11.6. The van der Waals surface area contributed by atoms with E-state index in [-0.39, 0.29) is 35.3 Å². The molecule has 9 heteroatoms. The summed E-state index contributed by atoms with van der Waals surface area (Å²) in [5.74, 6) is 0.493. The lowest BCUT2D eigenvalue weighted by Crippen LogP contribution is -2.37. The lowest BCUT2D eigenvalue weighted by molar-refractivity contribution is -0.121. The highest BCUT2D eigenvalue weighted by atomic mass is 32.2. The molecule has 0 N–H and O–H groups in total. The van der Waals surface area contributed by atoms with E-state index in [1.807, 2.05) is 29.2 Å². The van der Waals surface area contributed by atoms with Gasteiger partial charge in [-0.05, 0) is 18.6 Å². The normalized spacial score (nSPS) is 25.0. The second kappa shape index (κ2) is 8.62. The smallest absolute Gasteiger partial charge is 0.274 e. The summed E-state index contributed by atoms with van der Waals surface area (Å²) in [6, 6.07) is 7.27. The van der Waals surface area contributed by atoms with Gasteiger partial charge < -0.3 is 14.4 Å². The number of ether oxygens (including phenoxy) is 2. The van der Waals surface area contributed by atoms with Crippen LogP contribution < -0.4 is 9.64 Å². The van der Waals surface area contributed by atoms with E-state index in [0.29, 0.717) is 11.8 Å². The molecule has 0 unspecified atom stereocenters. The van der Waals surface area contributed by atoms with Crippen LogP contribution in [0, 0.1) is 0 Å². The topological polar surface area (TPSA) is 85.3 Å². The van der Waals surface area contributed by atoms with Crippen LogP contribution in [0.3, 0.4) is 0 Å². The van der Waals surface area contributed by atoms with Crippen LogP contribution in [-0.2, 0) is 19.4 Å². The molecule has 7 nitrogen and oxygen atoms in total. The van der Waals surface area contributed by atoms with Crippen molar-refractivity contribution in [2.75, 3.05) is 36.7 Å². The lowest BCUT2D eigenvalue weighted by atomic mass is 10.2. The number of amides is 1. The first-order valence-electron chi connectivity index (χ1n) is 8.93. The Labute approximate surface area is 164 Å². The summed E-state index contributed by atoms with van der Waals surface area (Å²) in [5.41, 5.74) is 0.782. The number of methoxy groups -OCH3 is 1. The Balaban J connectivity index is 1.90. The minimum absolute atomic E-state index is 0.0586. The van der Waals surface area contributed by atoms with Gasteiger partial charge in [0.25, 0.3) is 5.91 Å². The zero-order chi connectivity index (χ0) is 19.4. The van der Waals surface area contributed by atoms with Crippen LogP contribution in [0.5, 0.6) is 5.75 Å². The number of fused-ring (bicyclic) bond motifs is 1. The number of aliphatic imine (C=N–C) groups is 1. The van der Waals surface area contributed by atoms with Crippen LogP contribution in [0.25, 0.3) is 0 Å². The van der Waals surface area contributed by atoms with E-state index in [1.54, 1.807) is 0 Å². The van der Waals surface area contributed by atoms with Gasteiger partial charge in [-0.2, -0.15) is 4.99 Å². The Morgan fingerprint density at radius 1 is 1.37 bits per heavy atom. The van der Waals surface area contributed by atoms with Gasteiger partial charge in [-0.1, -0.05) is 31.2 Å². The van der Waals surface area contributed by atoms with E-state index in [0.717, 1.165) is 24.3 Å². The first-order chi connectivity index (χ1) is 12.9. The second-order valence-corrected chi connectivity index (χ2v) is 9.95. The van der Waals surface area contributed by atoms with Gasteiger partial charge >= 0.3 is 0 Å². The summed E-state index contributed by atoms with van der Waals surface area (Å²) in [6.45, 7) is 2.62. The standard InChI is InChI=1S/C18H24N2O5S2/c1-3-4-8-25-14-7-5-6-13(9-14)20-15-11-27(22,23)12-16(15)26-18(20)19-17(21)10-24-2/h5-7,9,15-16H,3-4,8,10-12H2,1-2H3/t15-,16-/m1/s1. The summed E-state index contributed by atoms with van der Waals surface area (Å²) in [4.78, 5) is 18.0. The van der Waals surface area contributed by atoms with Crippen LogP contribution in [0.4, 0.5) is 5.69 Å². The van der Waals surface area contributed by atoms with Crippen molar-refractivity contribution in [2.24, 2.45) is 4.99 Å². The molecule has 1 aromatic carbocycles. The van der Waals surface area contributed by atoms with Gasteiger partial charge in [-0.3, -0.25) is 4.79 Å². The number of nitrogens with zero attached hydrogens (tertiary/aromatic N) is 2. The fraction of sp³-hybridized carbons (Fsp3) is 0.556. The Morgan fingerprint density at radius 3 is 2.93 bits per heavy atom. The van der Waals surface area contributed by atoms with Gasteiger partial charge in [0.15, 0.2) is 15.0 Å². The number of carbonyl (C=O) groups excluding carboxylic acids is 1. The van der Waals surface area contributed by atoms with Gasteiger partial charge in [-0.25, -0.2) is 8.42 Å². The summed E-state index contributed by atoms with van der Waals surface area (Å²) in [7, 11) is -1.65. The molecule has 0 saturated carbocycles. The third-order valence-corrected chi connectivity index (χ3v) is 7.63. The lowest BCUT2D eigenvalue weighted by Gasteiger charge is -2.25. The van der Waals surface area contributed by atoms with Crippen LogP contribution in [-0.4, -0.2) is 62.6 Å². The number of anilines is 1. The van der Waals surface area contributed by atoms with Crippen LogP contribution in [0.2, 0.25) is 0 Å². The maximum absolute atomic E-state index is 12.1. The number of amidine groups is 1. The van der Waals surface area contributed by atoms with Crippen molar-refractivity contribution in [3.8, 4) is 5.75 Å². The van der Waals surface area contributed by atoms with Crippen LogP contribution in [0.1, 0.15) is 19.8 Å². The molecule has 2 atom stereocenters. The number of carbonyl (C=O) groups is 1. The Morgan fingerprint density at radius 2 is 2.19 bits per heavy atom. The molecule has 2 heterocycles. The molecule has 1 aromatic rings. The highest BCUT2D eigenvalue weighted by Gasteiger charge is 2.49. The fourth-order valence-electron chi connectivity index (χ4n) is 3.19. The molecule has 2 fully saturated rings. The molecule has 0 bridgehead atoms. The molecule has 0 aliphatic carbocycles. The Kier molecular flexibility index (Phi) is 6.44. The highest BCUT2D eigenvalue weighted by Crippen LogP contribution is 2.41. The maximum Gasteiger partial charge on any atom is 0.274 e.